The van der Waals surface area contributed by atoms with Gasteiger partial charge in [-0.1, -0.05) is 36.4 Å². The molecule has 1 N–H and O–H groups in total. The van der Waals surface area contributed by atoms with Crippen molar-refractivity contribution >= 4 is 40.2 Å². The number of rotatable bonds is 8. The fourth-order valence-electron chi connectivity index (χ4n) is 3.96. The van der Waals surface area contributed by atoms with E-state index in [4.69, 9.17) is 9.47 Å². The molecule has 8 heteroatoms. The average Bonchev–Trinajstić information content (AvgIpc) is 2.84. The molecule has 0 radical (unpaired) electrons. The second-order valence-corrected chi connectivity index (χ2v) is 7.90. The Labute approximate surface area is 196 Å². The maximum atomic E-state index is 12.9. The topological polar surface area (TPSA) is 102 Å². The predicted octanol–water partition coefficient (Wildman–Crippen LogP) is 3.80. The number of carbonyl (C=O) groups is 4. The number of methoxy groups -OCH3 is 1. The smallest absolute Gasteiger partial charge is 0.306 e. The van der Waals surface area contributed by atoms with Gasteiger partial charge in [0.15, 0.2) is 6.10 Å². The maximum Gasteiger partial charge on any atom is 0.306 e. The van der Waals surface area contributed by atoms with Crippen molar-refractivity contribution in [2.45, 2.75) is 25.9 Å². The van der Waals surface area contributed by atoms with E-state index in [-0.39, 0.29) is 31.2 Å². The van der Waals surface area contributed by atoms with Gasteiger partial charge in [-0.2, -0.15) is 0 Å². The van der Waals surface area contributed by atoms with Crippen LogP contribution in [0, 0.1) is 0 Å². The monoisotopic (exact) mass is 460 g/mol. The Bertz CT molecular complexity index is 1230. The van der Waals surface area contributed by atoms with Crippen molar-refractivity contribution in [2.75, 3.05) is 19.0 Å². The summed E-state index contributed by atoms with van der Waals surface area (Å²) in [6, 6.07) is 17.6. The van der Waals surface area contributed by atoms with Gasteiger partial charge in [0.2, 0.25) is 0 Å². The Morgan fingerprint density at radius 2 is 1.59 bits per heavy atom. The van der Waals surface area contributed by atoms with E-state index < -0.39 is 18.0 Å². The van der Waals surface area contributed by atoms with Crippen molar-refractivity contribution in [2.24, 2.45) is 0 Å². The molecule has 174 valence electrons. The molecule has 3 aromatic rings. The molecule has 34 heavy (non-hydrogen) atoms. The highest BCUT2D eigenvalue weighted by molar-refractivity contribution is 6.25. The van der Waals surface area contributed by atoms with Gasteiger partial charge in [-0.15, -0.1) is 0 Å². The molecule has 0 saturated carbocycles. The number of nitrogens with zero attached hydrogens (tertiary/aromatic N) is 1. The van der Waals surface area contributed by atoms with Crippen LogP contribution >= 0.6 is 0 Å². The number of hydrogen-bond donors (Lipinski definition) is 1. The summed E-state index contributed by atoms with van der Waals surface area (Å²) in [6.45, 7) is 1.54. The minimum atomic E-state index is -1.03. The minimum Gasteiger partial charge on any atom is -0.495 e. The molecule has 3 amide bonds. The molecule has 0 bridgehead atoms. The second kappa shape index (κ2) is 9.74. The lowest BCUT2D eigenvalue weighted by Gasteiger charge is -2.27. The Morgan fingerprint density at radius 3 is 2.24 bits per heavy atom. The molecule has 1 heterocycles. The molecule has 0 aliphatic carbocycles. The van der Waals surface area contributed by atoms with Crippen molar-refractivity contribution in [3.63, 3.8) is 0 Å². The third kappa shape index (κ3) is 4.47. The van der Waals surface area contributed by atoms with Crippen LogP contribution in [-0.4, -0.2) is 48.3 Å². The second-order valence-electron chi connectivity index (χ2n) is 7.90. The fraction of sp³-hybridized carbons (Fsp3) is 0.231. The molecule has 4 rings (SSSR count). The summed E-state index contributed by atoms with van der Waals surface area (Å²) in [5.41, 5.74) is 1.41. The zero-order valence-electron chi connectivity index (χ0n) is 18.9. The highest BCUT2D eigenvalue weighted by Gasteiger charge is 2.32. The minimum absolute atomic E-state index is 0.0464. The Hall–Kier alpha value is -4.20. The molecule has 0 aromatic heterocycles. The van der Waals surface area contributed by atoms with Gasteiger partial charge in [0, 0.05) is 29.5 Å². The van der Waals surface area contributed by atoms with Crippen LogP contribution < -0.4 is 10.1 Å². The van der Waals surface area contributed by atoms with Gasteiger partial charge < -0.3 is 14.8 Å². The molecule has 1 atom stereocenters. The average molecular weight is 460 g/mol. The summed E-state index contributed by atoms with van der Waals surface area (Å²) in [7, 11) is 1.49. The lowest BCUT2D eigenvalue weighted by Crippen LogP contribution is -2.41. The van der Waals surface area contributed by atoms with Gasteiger partial charge >= 0.3 is 5.97 Å². The number of anilines is 1. The summed E-state index contributed by atoms with van der Waals surface area (Å²) in [5.74, 6) is -1.37. The van der Waals surface area contributed by atoms with Crippen LogP contribution in [0.5, 0.6) is 5.75 Å². The van der Waals surface area contributed by atoms with E-state index in [1.54, 1.807) is 48.5 Å². The molecule has 1 aliphatic heterocycles. The van der Waals surface area contributed by atoms with Crippen LogP contribution in [0.4, 0.5) is 5.69 Å². The number of carbonyl (C=O) groups excluding carboxylic acids is 4. The first kappa shape index (κ1) is 23.0. The number of esters is 1. The summed E-state index contributed by atoms with van der Waals surface area (Å²) in [5, 5.41) is 4.16. The van der Waals surface area contributed by atoms with Crippen LogP contribution in [0.15, 0.2) is 60.7 Å². The Kier molecular flexibility index (Phi) is 6.58. The quantitative estimate of drug-likeness (QED) is 0.405. The zero-order valence-corrected chi connectivity index (χ0v) is 18.9. The summed E-state index contributed by atoms with van der Waals surface area (Å²) >= 11 is 0. The molecule has 0 fully saturated rings. The third-order valence-corrected chi connectivity index (χ3v) is 5.66. The third-order valence-electron chi connectivity index (χ3n) is 5.66. The lowest BCUT2D eigenvalue weighted by molar-refractivity contribution is -0.153. The summed E-state index contributed by atoms with van der Waals surface area (Å²) in [6.07, 6.45) is -0.857. The number of benzene rings is 3. The van der Waals surface area contributed by atoms with Crippen LogP contribution in [0.2, 0.25) is 0 Å². The van der Waals surface area contributed by atoms with Gasteiger partial charge in [0.05, 0.1) is 12.8 Å². The van der Waals surface area contributed by atoms with E-state index in [2.05, 4.69) is 5.32 Å². The molecule has 8 nitrogen and oxygen atoms in total. The standard InChI is InChI=1S/C26H24N2O6/c1-16(24(30)27-20-12-3-4-13-21(20)33-2)34-22(29)14-7-15-28-25(31)18-10-5-8-17-9-6-11-19(23(17)18)26(28)32/h3-6,8-13,16H,7,14-15H2,1-2H3,(H,27,30). The first-order valence-electron chi connectivity index (χ1n) is 10.9. The van der Waals surface area contributed by atoms with E-state index in [0.717, 1.165) is 10.3 Å². The number of amides is 3. The molecule has 0 spiro atoms. The van der Waals surface area contributed by atoms with Crippen molar-refractivity contribution in [3.05, 3.63) is 71.8 Å². The van der Waals surface area contributed by atoms with Gasteiger partial charge in [-0.25, -0.2) is 0 Å². The van der Waals surface area contributed by atoms with Gasteiger partial charge in [-0.05, 0) is 43.0 Å². The van der Waals surface area contributed by atoms with Crippen LogP contribution in [0.25, 0.3) is 10.8 Å². The first-order chi connectivity index (χ1) is 16.4. The van der Waals surface area contributed by atoms with Crippen LogP contribution in [-0.2, 0) is 14.3 Å². The van der Waals surface area contributed by atoms with E-state index in [1.807, 2.05) is 12.1 Å². The van der Waals surface area contributed by atoms with Crippen molar-refractivity contribution in [1.29, 1.82) is 0 Å². The number of para-hydroxylation sites is 2. The van der Waals surface area contributed by atoms with E-state index in [9.17, 15) is 19.2 Å². The number of hydrogen-bond acceptors (Lipinski definition) is 6. The summed E-state index contributed by atoms with van der Waals surface area (Å²) in [4.78, 5) is 51.6. The fourth-order valence-corrected chi connectivity index (χ4v) is 3.96. The summed E-state index contributed by atoms with van der Waals surface area (Å²) < 4.78 is 10.4. The SMILES string of the molecule is COc1ccccc1NC(=O)C(C)OC(=O)CCCN1C(=O)c2cccc3cccc(c23)C1=O. The van der Waals surface area contributed by atoms with Crippen molar-refractivity contribution in [1.82, 2.24) is 4.90 Å². The van der Waals surface area contributed by atoms with Crippen molar-refractivity contribution < 1.29 is 28.7 Å². The van der Waals surface area contributed by atoms with E-state index in [0.29, 0.717) is 28.0 Å². The maximum absolute atomic E-state index is 12.9. The largest absolute Gasteiger partial charge is 0.495 e. The van der Waals surface area contributed by atoms with E-state index >= 15 is 0 Å². The lowest BCUT2D eigenvalue weighted by atomic mass is 9.94. The zero-order chi connectivity index (χ0) is 24.2. The molecular weight excluding hydrogens is 436 g/mol. The van der Waals surface area contributed by atoms with Gasteiger partial charge in [0.25, 0.3) is 17.7 Å². The van der Waals surface area contributed by atoms with Crippen LogP contribution in [0.1, 0.15) is 40.5 Å². The highest BCUT2D eigenvalue weighted by atomic mass is 16.5. The molecule has 3 aromatic carbocycles. The van der Waals surface area contributed by atoms with Gasteiger partial charge in [0.1, 0.15) is 5.75 Å². The Balaban J connectivity index is 1.32. The highest BCUT2D eigenvalue weighted by Crippen LogP contribution is 2.30. The van der Waals surface area contributed by atoms with Crippen LogP contribution in [0.3, 0.4) is 0 Å². The normalized spacial score (nSPS) is 13.5. The molecule has 0 saturated heterocycles. The molecule has 1 unspecified atom stereocenters. The van der Waals surface area contributed by atoms with Gasteiger partial charge in [-0.3, -0.25) is 24.1 Å². The number of nitrogens with one attached hydrogen (secondary N) is 1. The first-order valence-corrected chi connectivity index (χ1v) is 10.9. The van der Waals surface area contributed by atoms with Crippen molar-refractivity contribution in [3.8, 4) is 5.75 Å². The Morgan fingerprint density at radius 1 is 0.941 bits per heavy atom. The predicted molar refractivity (Wildman–Crippen MR) is 126 cm³/mol. The number of ether oxygens (including phenoxy) is 2. The molecular formula is C26H24N2O6. The number of imide groups is 1. The molecule has 1 aliphatic rings. The van der Waals surface area contributed by atoms with E-state index in [1.165, 1.54) is 14.0 Å².